The fraction of sp³-hybridized carbons (Fsp3) is 0.960. The molecule has 3 heteroatoms. The van der Waals surface area contributed by atoms with Gasteiger partial charge in [0.2, 0.25) is 0 Å². The average molecular weight is 399 g/mol. The van der Waals surface area contributed by atoms with E-state index in [4.69, 9.17) is 9.47 Å². The van der Waals surface area contributed by atoms with E-state index in [9.17, 15) is 4.79 Å². The molecule has 0 heterocycles. The molecule has 0 saturated heterocycles. The van der Waals surface area contributed by atoms with E-state index < -0.39 is 6.16 Å². The van der Waals surface area contributed by atoms with Crippen LogP contribution in [0.1, 0.15) is 142 Å². The van der Waals surface area contributed by atoms with Gasteiger partial charge in [0.05, 0.1) is 13.2 Å². The number of carbonyl (C=O) groups is 1. The molecule has 0 radical (unpaired) electrons. The lowest BCUT2D eigenvalue weighted by molar-refractivity contribution is 0.0578. The van der Waals surface area contributed by atoms with E-state index in [2.05, 4.69) is 6.92 Å². The van der Waals surface area contributed by atoms with Crippen LogP contribution in [0.5, 0.6) is 0 Å². The van der Waals surface area contributed by atoms with Crippen molar-refractivity contribution in [1.29, 1.82) is 0 Å². The summed E-state index contributed by atoms with van der Waals surface area (Å²) >= 11 is 0. The van der Waals surface area contributed by atoms with Crippen LogP contribution in [0.25, 0.3) is 0 Å². The molecule has 0 saturated carbocycles. The molecular formula is C25H50O3. The zero-order valence-corrected chi connectivity index (χ0v) is 19.3. The van der Waals surface area contributed by atoms with Gasteiger partial charge in [0.15, 0.2) is 0 Å². The molecule has 0 spiro atoms. The van der Waals surface area contributed by atoms with E-state index in [0.717, 1.165) is 12.8 Å². The molecule has 0 fully saturated rings. The third kappa shape index (κ3) is 23.3. The normalized spacial score (nSPS) is 10.9. The van der Waals surface area contributed by atoms with Gasteiger partial charge in [-0.2, -0.15) is 0 Å². The first-order valence-corrected chi connectivity index (χ1v) is 12.6. The van der Waals surface area contributed by atoms with Gasteiger partial charge in [0, 0.05) is 0 Å². The summed E-state index contributed by atoms with van der Waals surface area (Å²) in [5.41, 5.74) is 0. The highest BCUT2D eigenvalue weighted by Gasteiger charge is 2.00. The van der Waals surface area contributed by atoms with Gasteiger partial charge in [-0.1, -0.05) is 129 Å². The number of rotatable bonds is 22. The quantitative estimate of drug-likeness (QED) is 0.135. The number of unbranched alkanes of at least 4 members (excludes halogenated alkanes) is 19. The van der Waals surface area contributed by atoms with Crippen molar-refractivity contribution in [1.82, 2.24) is 0 Å². The maximum atomic E-state index is 11.0. The Labute approximate surface area is 176 Å². The molecule has 0 amide bonds. The van der Waals surface area contributed by atoms with Crippen LogP contribution in [-0.2, 0) is 9.47 Å². The molecule has 0 atom stereocenters. The molecule has 0 aromatic rings. The number of hydrogen-bond donors (Lipinski definition) is 0. The van der Waals surface area contributed by atoms with Crippen molar-refractivity contribution >= 4 is 6.16 Å². The van der Waals surface area contributed by atoms with Crippen molar-refractivity contribution < 1.29 is 14.3 Å². The largest absolute Gasteiger partial charge is 0.508 e. The molecule has 0 N–H and O–H groups in total. The van der Waals surface area contributed by atoms with E-state index in [-0.39, 0.29) is 0 Å². The Hall–Kier alpha value is -0.730. The van der Waals surface area contributed by atoms with Gasteiger partial charge in [-0.05, 0) is 13.3 Å². The summed E-state index contributed by atoms with van der Waals surface area (Å²) < 4.78 is 9.68. The fourth-order valence-electron chi connectivity index (χ4n) is 3.67. The van der Waals surface area contributed by atoms with Gasteiger partial charge < -0.3 is 9.47 Å². The van der Waals surface area contributed by atoms with Crippen LogP contribution in [0.15, 0.2) is 0 Å². The van der Waals surface area contributed by atoms with Gasteiger partial charge in [0.1, 0.15) is 0 Å². The predicted molar refractivity (Wildman–Crippen MR) is 121 cm³/mol. The third-order valence-corrected chi connectivity index (χ3v) is 5.48. The predicted octanol–water partition coefficient (Wildman–Crippen LogP) is 8.98. The molecule has 0 bridgehead atoms. The Morgan fingerprint density at radius 2 is 0.786 bits per heavy atom. The van der Waals surface area contributed by atoms with Gasteiger partial charge in [-0.25, -0.2) is 4.79 Å². The maximum absolute atomic E-state index is 11.0. The van der Waals surface area contributed by atoms with Crippen molar-refractivity contribution in [3.63, 3.8) is 0 Å². The van der Waals surface area contributed by atoms with Crippen molar-refractivity contribution in [3.8, 4) is 0 Å². The summed E-state index contributed by atoms with van der Waals surface area (Å²) in [6.07, 6.45) is 27.0. The SMILES string of the molecule is CCCCCCCCCCCCCCCCCCCCCCOC(=O)OCC. The minimum absolute atomic E-state index is 0.387. The molecule has 0 unspecified atom stereocenters. The number of hydrogen-bond acceptors (Lipinski definition) is 3. The third-order valence-electron chi connectivity index (χ3n) is 5.48. The number of carbonyl (C=O) groups excluding carboxylic acids is 1. The molecular weight excluding hydrogens is 348 g/mol. The highest BCUT2D eigenvalue weighted by atomic mass is 16.7. The summed E-state index contributed by atoms with van der Waals surface area (Å²) in [5.74, 6) is 0. The van der Waals surface area contributed by atoms with Crippen LogP contribution in [0, 0.1) is 0 Å². The summed E-state index contributed by atoms with van der Waals surface area (Å²) in [6, 6.07) is 0. The summed E-state index contributed by atoms with van der Waals surface area (Å²) in [5, 5.41) is 0. The first-order valence-electron chi connectivity index (χ1n) is 12.6. The van der Waals surface area contributed by atoms with Crippen molar-refractivity contribution in [2.24, 2.45) is 0 Å². The van der Waals surface area contributed by atoms with Crippen LogP contribution in [0.2, 0.25) is 0 Å². The highest BCUT2D eigenvalue weighted by molar-refractivity contribution is 5.59. The van der Waals surface area contributed by atoms with Gasteiger partial charge in [-0.3, -0.25) is 0 Å². The van der Waals surface area contributed by atoms with Gasteiger partial charge >= 0.3 is 6.16 Å². The lowest BCUT2D eigenvalue weighted by Gasteiger charge is -2.05. The van der Waals surface area contributed by atoms with E-state index in [1.54, 1.807) is 6.92 Å². The van der Waals surface area contributed by atoms with E-state index in [1.165, 1.54) is 116 Å². The Morgan fingerprint density at radius 3 is 1.11 bits per heavy atom. The lowest BCUT2D eigenvalue weighted by Crippen LogP contribution is -2.07. The fourth-order valence-corrected chi connectivity index (χ4v) is 3.67. The van der Waals surface area contributed by atoms with E-state index >= 15 is 0 Å². The monoisotopic (exact) mass is 398 g/mol. The Balaban J connectivity index is 3.02. The summed E-state index contributed by atoms with van der Waals surface area (Å²) in [7, 11) is 0. The molecule has 0 aliphatic heterocycles. The first kappa shape index (κ1) is 27.3. The standard InChI is InChI=1S/C25H50O3/c1-3-5-6-7-8-9-10-11-12-13-14-15-16-17-18-19-20-21-22-23-24-28-25(26)27-4-2/h3-24H2,1-2H3. The van der Waals surface area contributed by atoms with Crippen molar-refractivity contribution in [3.05, 3.63) is 0 Å². The summed E-state index contributed by atoms with van der Waals surface area (Å²) in [6.45, 7) is 4.96. The van der Waals surface area contributed by atoms with Crippen LogP contribution in [0.3, 0.4) is 0 Å². The molecule has 0 aliphatic rings. The molecule has 0 rings (SSSR count). The van der Waals surface area contributed by atoms with Crippen molar-refractivity contribution in [2.75, 3.05) is 13.2 Å². The van der Waals surface area contributed by atoms with E-state index in [1.807, 2.05) is 0 Å². The smallest absolute Gasteiger partial charge is 0.435 e. The van der Waals surface area contributed by atoms with Crippen molar-refractivity contribution in [2.45, 2.75) is 142 Å². The van der Waals surface area contributed by atoms with Gasteiger partial charge in [0.25, 0.3) is 0 Å². The molecule has 168 valence electrons. The van der Waals surface area contributed by atoms with Crippen LogP contribution in [0.4, 0.5) is 4.79 Å². The molecule has 0 aromatic carbocycles. The first-order chi connectivity index (χ1) is 13.8. The second-order valence-corrected chi connectivity index (χ2v) is 8.25. The van der Waals surface area contributed by atoms with E-state index in [0.29, 0.717) is 13.2 Å². The Kier molecular flexibility index (Phi) is 23.7. The minimum Gasteiger partial charge on any atom is -0.435 e. The molecule has 0 aromatic heterocycles. The number of ether oxygens (including phenoxy) is 2. The van der Waals surface area contributed by atoms with Crippen LogP contribution >= 0.6 is 0 Å². The second kappa shape index (κ2) is 24.3. The van der Waals surface area contributed by atoms with Crippen LogP contribution in [-0.4, -0.2) is 19.4 Å². The zero-order chi connectivity index (χ0) is 20.5. The molecule has 28 heavy (non-hydrogen) atoms. The second-order valence-electron chi connectivity index (χ2n) is 8.25. The van der Waals surface area contributed by atoms with Gasteiger partial charge in [-0.15, -0.1) is 0 Å². The molecule has 0 aliphatic carbocycles. The molecule has 3 nitrogen and oxygen atoms in total. The van der Waals surface area contributed by atoms with Crippen LogP contribution < -0.4 is 0 Å². The minimum atomic E-state index is -0.527. The average Bonchev–Trinajstić information content (AvgIpc) is 2.69. The maximum Gasteiger partial charge on any atom is 0.508 e. The Bertz CT molecular complexity index is 304. The zero-order valence-electron chi connectivity index (χ0n) is 19.3. The highest BCUT2D eigenvalue weighted by Crippen LogP contribution is 2.14. The summed E-state index contributed by atoms with van der Waals surface area (Å²) in [4.78, 5) is 11.0. The topological polar surface area (TPSA) is 35.5 Å². The lowest BCUT2D eigenvalue weighted by atomic mass is 10.0. The Morgan fingerprint density at radius 1 is 0.464 bits per heavy atom.